The van der Waals surface area contributed by atoms with Crippen LogP contribution in [0.2, 0.25) is 0 Å². The number of hydrogen-bond donors (Lipinski definition) is 0. The van der Waals surface area contributed by atoms with Crippen LogP contribution in [0, 0.1) is 5.92 Å². The highest BCUT2D eigenvalue weighted by molar-refractivity contribution is 7.19. The molecule has 1 saturated heterocycles. The molecule has 0 radical (unpaired) electrons. The van der Waals surface area contributed by atoms with Gasteiger partial charge in [0.15, 0.2) is 5.82 Å². The molecule has 0 spiro atoms. The zero-order valence-electron chi connectivity index (χ0n) is 17.3. The fourth-order valence-electron chi connectivity index (χ4n) is 4.89. The van der Waals surface area contributed by atoms with Crippen molar-refractivity contribution in [3.05, 3.63) is 41.7 Å². The highest BCUT2D eigenvalue weighted by Gasteiger charge is 2.28. The lowest BCUT2D eigenvalue weighted by atomic mass is 9.95. The Bertz CT molecular complexity index is 1190. The van der Waals surface area contributed by atoms with Gasteiger partial charge in [0, 0.05) is 36.9 Å². The van der Waals surface area contributed by atoms with Crippen molar-refractivity contribution < 1.29 is 0 Å². The number of fused-ring (bicyclic) bond motifs is 3. The van der Waals surface area contributed by atoms with Gasteiger partial charge in [-0.2, -0.15) is 5.10 Å². The minimum atomic E-state index is 0.523. The van der Waals surface area contributed by atoms with E-state index in [9.17, 15) is 0 Å². The van der Waals surface area contributed by atoms with E-state index in [1.54, 1.807) is 24.9 Å². The van der Waals surface area contributed by atoms with Gasteiger partial charge in [-0.05, 0) is 50.0 Å². The van der Waals surface area contributed by atoms with Crippen molar-refractivity contribution >= 4 is 27.4 Å². The zero-order chi connectivity index (χ0) is 20.6. The summed E-state index contributed by atoms with van der Waals surface area (Å²) < 4.78 is 1.95. The Labute approximate surface area is 184 Å². The predicted molar refractivity (Wildman–Crippen MR) is 120 cm³/mol. The van der Waals surface area contributed by atoms with Gasteiger partial charge < -0.3 is 4.90 Å². The highest BCUT2D eigenvalue weighted by atomic mass is 32.1. The molecule has 0 saturated carbocycles. The molecule has 9 heteroatoms. The number of anilines is 1. The van der Waals surface area contributed by atoms with E-state index in [2.05, 4.69) is 25.0 Å². The average molecular weight is 433 g/mol. The maximum absolute atomic E-state index is 5.09. The van der Waals surface area contributed by atoms with Gasteiger partial charge in [-0.1, -0.05) is 0 Å². The van der Waals surface area contributed by atoms with Gasteiger partial charge in [-0.15, -0.1) is 11.3 Å². The molecule has 1 aliphatic carbocycles. The Kier molecular flexibility index (Phi) is 4.82. The number of thiophene rings is 1. The van der Waals surface area contributed by atoms with E-state index < -0.39 is 0 Å². The van der Waals surface area contributed by atoms with E-state index in [1.807, 2.05) is 22.3 Å². The highest BCUT2D eigenvalue weighted by Crippen LogP contribution is 2.41. The van der Waals surface area contributed by atoms with Crippen molar-refractivity contribution in [2.24, 2.45) is 5.92 Å². The molecule has 0 bridgehead atoms. The lowest BCUT2D eigenvalue weighted by Gasteiger charge is -2.34. The minimum Gasteiger partial charge on any atom is -0.356 e. The Hall–Kier alpha value is -2.94. The van der Waals surface area contributed by atoms with Gasteiger partial charge in [0.1, 0.15) is 29.0 Å². The van der Waals surface area contributed by atoms with E-state index in [0.717, 1.165) is 55.2 Å². The SMILES string of the molecule is c1cnc(-c2nc(N3CCCC(Cn4cncn4)C3)c3c4c(sc3n2)CCCC4)cn1. The Morgan fingerprint density at radius 3 is 2.90 bits per heavy atom. The molecule has 1 unspecified atom stereocenters. The summed E-state index contributed by atoms with van der Waals surface area (Å²) in [7, 11) is 0. The fourth-order valence-corrected chi connectivity index (χ4v) is 6.15. The van der Waals surface area contributed by atoms with Crippen molar-refractivity contribution in [2.75, 3.05) is 18.0 Å². The number of nitrogens with zero attached hydrogens (tertiary/aromatic N) is 8. The molecule has 158 valence electrons. The van der Waals surface area contributed by atoms with Crippen LogP contribution < -0.4 is 4.90 Å². The summed E-state index contributed by atoms with van der Waals surface area (Å²) in [4.78, 5) is 27.9. The van der Waals surface area contributed by atoms with Crippen molar-refractivity contribution in [2.45, 2.75) is 45.1 Å². The molecule has 2 aliphatic rings. The number of piperidine rings is 1. The van der Waals surface area contributed by atoms with Crippen molar-refractivity contribution in [3.63, 3.8) is 0 Å². The number of hydrogen-bond acceptors (Lipinski definition) is 8. The Morgan fingerprint density at radius 1 is 1.06 bits per heavy atom. The van der Waals surface area contributed by atoms with Gasteiger partial charge in [-0.25, -0.2) is 19.9 Å². The first-order valence-corrected chi connectivity index (χ1v) is 11.8. The fraction of sp³-hybridized carbons (Fsp3) is 0.455. The molecule has 1 aliphatic heterocycles. The first-order valence-electron chi connectivity index (χ1n) is 11.0. The van der Waals surface area contributed by atoms with Crippen LogP contribution in [0.4, 0.5) is 5.82 Å². The van der Waals surface area contributed by atoms with Crippen LogP contribution in [0.5, 0.6) is 0 Å². The van der Waals surface area contributed by atoms with Crippen LogP contribution in [-0.4, -0.2) is 47.8 Å². The third-order valence-electron chi connectivity index (χ3n) is 6.32. The van der Waals surface area contributed by atoms with Gasteiger partial charge in [-0.3, -0.25) is 9.67 Å². The smallest absolute Gasteiger partial charge is 0.183 e. The molecule has 4 aromatic rings. The van der Waals surface area contributed by atoms with E-state index >= 15 is 0 Å². The molecule has 4 aromatic heterocycles. The van der Waals surface area contributed by atoms with E-state index in [-0.39, 0.29) is 0 Å². The van der Waals surface area contributed by atoms with Crippen molar-refractivity contribution in [1.82, 2.24) is 34.7 Å². The zero-order valence-corrected chi connectivity index (χ0v) is 18.1. The predicted octanol–water partition coefficient (Wildman–Crippen LogP) is 3.54. The van der Waals surface area contributed by atoms with Gasteiger partial charge in [0.25, 0.3) is 0 Å². The first-order chi connectivity index (χ1) is 15.3. The first kappa shape index (κ1) is 18.8. The quantitative estimate of drug-likeness (QED) is 0.488. The topological polar surface area (TPSA) is 85.5 Å². The minimum absolute atomic E-state index is 0.523. The van der Waals surface area contributed by atoms with Gasteiger partial charge in [0.2, 0.25) is 0 Å². The summed E-state index contributed by atoms with van der Waals surface area (Å²) in [5, 5.41) is 5.58. The van der Waals surface area contributed by atoms with Crippen molar-refractivity contribution in [1.29, 1.82) is 0 Å². The van der Waals surface area contributed by atoms with E-state index in [4.69, 9.17) is 9.97 Å². The molecule has 0 aromatic carbocycles. The second-order valence-electron chi connectivity index (χ2n) is 8.42. The molecule has 6 rings (SSSR count). The van der Waals surface area contributed by atoms with Gasteiger partial charge in [0.05, 0.1) is 11.6 Å². The molecule has 0 N–H and O–H groups in total. The molecule has 0 amide bonds. The molecule has 1 atom stereocenters. The molecule has 5 heterocycles. The molecule has 1 fully saturated rings. The standard InChI is InChI=1S/C22H24N8S/c1-2-6-18-16(5-1)19-21(27-20(28-22(19)31-18)17-10-23-7-8-25-17)29-9-3-4-15(11-29)12-30-14-24-13-26-30/h7-8,10,13-15H,1-6,9,11-12H2. The molecular formula is C22H24N8S. The normalized spacial score (nSPS) is 19.0. The summed E-state index contributed by atoms with van der Waals surface area (Å²) in [5.41, 5.74) is 2.21. The Morgan fingerprint density at radius 2 is 2.03 bits per heavy atom. The Balaban J connectivity index is 1.43. The second-order valence-corrected chi connectivity index (χ2v) is 9.51. The lowest BCUT2D eigenvalue weighted by Crippen LogP contribution is -2.38. The average Bonchev–Trinajstić information content (AvgIpc) is 3.46. The van der Waals surface area contributed by atoms with Crippen LogP contribution in [0.1, 0.15) is 36.1 Å². The largest absolute Gasteiger partial charge is 0.356 e. The maximum atomic E-state index is 5.09. The molecule has 31 heavy (non-hydrogen) atoms. The van der Waals surface area contributed by atoms with E-state index in [1.165, 1.54) is 35.1 Å². The summed E-state index contributed by atoms with van der Waals surface area (Å²) in [6.07, 6.45) is 15.7. The van der Waals surface area contributed by atoms with Crippen LogP contribution in [0.25, 0.3) is 21.7 Å². The summed E-state index contributed by atoms with van der Waals surface area (Å²) in [6, 6.07) is 0. The van der Waals surface area contributed by atoms with Gasteiger partial charge >= 0.3 is 0 Å². The summed E-state index contributed by atoms with van der Waals surface area (Å²) in [5.74, 6) is 2.27. The van der Waals surface area contributed by atoms with Crippen LogP contribution >= 0.6 is 11.3 Å². The number of aryl methyl sites for hydroxylation is 2. The van der Waals surface area contributed by atoms with E-state index in [0.29, 0.717) is 11.7 Å². The van der Waals surface area contributed by atoms with Crippen LogP contribution in [0.15, 0.2) is 31.2 Å². The lowest BCUT2D eigenvalue weighted by molar-refractivity contribution is 0.351. The number of rotatable bonds is 4. The number of aromatic nitrogens is 7. The van der Waals surface area contributed by atoms with Crippen molar-refractivity contribution in [3.8, 4) is 11.5 Å². The van der Waals surface area contributed by atoms with Crippen LogP contribution in [-0.2, 0) is 19.4 Å². The monoisotopic (exact) mass is 432 g/mol. The van der Waals surface area contributed by atoms with Crippen LogP contribution in [0.3, 0.4) is 0 Å². The third kappa shape index (κ3) is 3.56. The molecule has 8 nitrogen and oxygen atoms in total. The second kappa shape index (κ2) is 7.96. The third-order valence-corrected chi connectivity index (χ3v) is 7.50. The molecular weight excluding hydrogens is 408 g/mol. The summed E-state index contributed by atoms with van der Waals surface area (Å²) >= 11 is 1.84. The summed E-state index contributed by atoms with van der Waals surface area (Å²) in [6.45, 7) is 2.88. The maximum Gasteiger partial charge on any atom is 0.183 e.